The van der Waals surface area contributed by atoms with Gasteiger partial charge in [-0.3, -0.25) is 9.69 Å². The number of nitrogens with zero attached hydrogens (tertiary/aromatic N) is 1. The lowest BCUT2D eigenvalue weighted by molar-refractivity contribution is -0.184. The van der Waals surface area contributed by atoms with Gasteiger partial charge in [0.1, 0.15) is 6.04 Å². The maximum absolute atomic E-state index is 12.6. The number of likely N-dealkylation sites (tertiary alicyclic amines) is 1. The minimum atomic E-state index is -4.30. The quantitative estimate of drug-likeness (QED) is 0.762. The molecule has 0 bridgehead atoms. The van der Waals surface area contributed by atoms with Gasteiger partial charge in [0.2, 0.25) is 5.91 Å². The van der Waals surface area contributed by atoms with E-state index in [1.165, 1.54) is 11.9 Å². The number of amides is 1. The first-order valence-electron chi connectivity index (χ1n) is 5.62. The number of piperidine rings is 1. The van der Waals surface area contributed by atoms with Crippen LogP contribution in [-0.2, 0) is 4.79 Å². The molecule has 100 valence electrons. The predicted molar refractivity (Wildman–Crippen MR) is 57.3 cm³/mol. The van der Waals surface area contributed by atoms with Crippen molar-refractivity contribution in [2.45, 2.75) is 25.1 Å². The third-order valence-corrected chi connectivity index (χ3v) is 3.19. The summed E-state index contributed by atoms with van der Waals surface area (Å²) in [5.74, 6) is -0.274. The Morgan fingerprint density at radius 1 is 1.47 bits per heavy atom. The highest BCUT2D eigenvalue weighted by atomic mass is 19.4. The smallest absolute Gasteiger partial charge is 0.359 e. The molecule has 1 saturated heterocycles. The molecule has 3 N–H and O–H groups in total. The zero-order valence-corrected chi connectivity index (χ0v) is 9.76. The number of hydrogen-bond acceptors (Lipinski definition) is 3. The number of alkyl halides is 3. The van der Waals surface area contributed by atoms with Crippen LogP contribution in [0.25, 0.3) is 0 Å². The average molecular weight is 253 g/mol. The van der Waals surface area contributed by atoms with Gasteiger partial charge >= 0.3 is 6.18 Å². The van der Waals surface area contributed by atoms with Crippen molar-refractivity contribution in [1.29, 1.82) is 0 Å². The van der Waals surface area contributed by atoms with Gasteiger partial charge in [0.15, 0.2) is 0 Å². The standard InChI is InChI=1S/C10H18F3N3O/c1-15-9(17)7-2-4-16(5-3-7)8(6-14)10(11,12)13/h7-8H,2-6,14H2,1H3,(H,15,17). The average Bonchev–Trinajstić information content (AvgIpc) is 2.28. The molecular weight excluding hydrogens is 235 g/mol. The van der Waals surface area contributed by atoms with Crippen LogP contribution in [0, 0.1) is 5.92 Å². The van der Waals surface area contributed by atoms with E-state index in [9.17, 15) is 18.0 Å². The summed E-state index contributed by atoms with van der Waals surface area (Å²) in [6.07, 6.45) is -3.40. The van der Waals surface area contributed by atoms with Crippen molar-refractivity contribution < 1.29 is 18.0 Å². The number of nitrogens with one attached hydrogen (secondary N) is 1. The number of hydrogen-bond donors (Lipinski definition) is 2. The first-order chi connectivity index (χ1) is 7.90. The summed E-state index contributed by atoms with van der Waals surface area (Å²) in [7, 11) is 1.53. The van der Waals surface area contributed by atoms with E-state index in [-0.39, 0.29) is 24.9 Å². The van der Waals surface area contributed by atoms with Gasteiger partial charge in [-0.2, -0.15) is 13.2 Å². The van der Waals surface area contributed by atoms with Crippen molar-refractivity contribution in [1.82, 2.24) is 10.2 Å². The molecule has 1 aliphatic rings. The lowest BCUT2D eigenvalue weighted by Crippen LogP contribution is -2.53. The molecule has 1 unspecified atom stereocenters. The number of carbonyl (C=O) groups is 1. The largest absolute Gasteiger partial charge is 0.405 e. The number of carbonyl (C=O) groups excluding carboxylic acids is 1. The Labute approximate surface area is 98.3 Å². The van der Waals surface area contributed by atoms with Crippen LogP contribution in [0.4, 0.5) is 13.2 Å². The normalized spacial score (nSPS) is 21.2. The summed E-state index contributed by atoms with van der Waals surface area (Å²) in [6.45, 7) is 0.0903. The minimum absolute atomic E-state index is 0.0963. The van der Waals surface area contributed by atoms with Crippen LogP contribution >= 0.6 is 0 Å². The van der Waals surface area contributed by atoms with Crippen molar-refractivity contribution >= 4 is 5.91 Å². The van der Waals surface area contributed by atoms with Crippen molar-refractivity contribution in [2.75, 3.05) is 26.7 Å². The molecule has 1 heterocycles. The fourth-order valence-corrected chi connectivity index (χ4v) is 2.17. The zero-order chi connectivity index (χ0) is 13.1. The Morgan fingerprint density at radius 3 is 2.35 bits per heavy atom. The van der Waals surface area contributed by atoms with Crippen molar-refractivity contribution in [3.8, 4) is 0 Å². The summed E-state index contributed by atoms with van der Waals surface area (Å²) in [5.41, 5.74) is 5.17. The number of nitrogens with two attached hydrogens (primary N) is 1. The lowest BCUT2D eigenvalue weighted by atomic mass is 9.95. The molecule has 0 aromatic rings. The van der Waals surface area contributed by atoms with Gasteiger partial charge in [0, 0.05) is 19.5 Å². The molecule has 0 saturated carbocycles. The topological polar surface area (TPSA) is 58.4 Å². The SMILES string of the molecule is CNC(=O)C1CCN(C(CN)C(F)(F)F)CC1. The van der Waals surface area contributed by atoms with Crippen LogP contribution in [0.2, 0.25) is 0 Å². The Balaban J connectivity index is 2.53. The second-order valence-electron chi connectivity index (χ2n) is 4.22. The summed E-state index contributed by atoms with van der Waals surface area (Å²) in [4.78, 5) is 12.7. The fourth-order valence-electron chi connectivity index (χ4n) is 2.17. The molecule has 0 spiro atoms. The van der Waals surface area contributed by atoms with Gasteiger partial charge in [-0.15, -0.1) is 0 Å². The second kappa shape index (κ2) is 5.68. The predicted octanol–water partition coefficient (Wildman–Crippen LogP) is 0.334. The lowest BCUT2D eigenvalue weighted by Gasteiger charge is -2.37. The van der Waals surface area contributed by atoms with E-state index < -0.39 is 18.8 Å². The Kier molecular flexibility index (Phi) is 4.76. The Morgan fingerprint density at radius 2 is 2.00 bits per heavy atom. The molecule has 7 heteroatoms. The van der Waals surface area contributed by atoms with Crippen LogP contribution in [0.15, 0.2) is 0 Å². The third kappa shape index (κ3) is 3.57. The Bertz CT molecular complexity index is 262. The first kappa shape index (κ1) is 14.2. The summed E-state index contributed by atoms with van der Waals surface area (Å²) < 4.78 is 37.9. The van der Waals surface area contributed by atoms with E-state index in [0.717, 1.165) is 0 Å². The highest BCUT2D eigenvalue weighted by Crippen LogP contribution is 2.28. The highest BCUT2D eigenvalue weighted by Gasteiger charge is 2.43. The summed E-state index contributed by atoms with van der Waals surface area (Å²) >= 11 is 0. The highest BCUT2D eigenvalue weighted by molar-refractivity contribution is 5.78. The molecule has 1 amide bonds. The Hall–Kier alpha value is -0.820. The van der Waals surface area contributed by atoms with Crippen LogP contribution < -0.4 is 11.1 Å². The van der Waals surface area contributed by atoms with Crippen molar-refractivity contribution in [3.63, 3.8) is 0 Å². The van der Waals surface area contributed by atoms with Gasteiger partial charge in [0.05, 0.1) is 0 Å². The zero-order valence-electron chi connectivity index (χ0n) is 9.76. The molecular formula is C10H18F3N3O. The molecule has 1 rings (SSSR count). The van der Waals surface area contributed by atoms with E-state index >= 15 is 0 Å². The summed E-state index contributed by atoms with van der Waals surface area (Å²) in [6, 6.07) is -1.59. The van der Waals surface area contributed by atoms with Gasteiger partial charge in [-0.1, -0.05) is 0 Å². The van der Waals surface area contributed by atoms with E-state index in [2.05, 4.69) is 5.32 Å². The van der Waals surface area contributed by atoms with Gasteiger partial charge in [0.25, 0.3) is 0 Å². The molecule has 0 aromatic heterocycles. The van der Waals surface area contributed by atoms with Gasteiger partial charge in [-0.05, 0) is 25.9 Å². The molecule has 1 fully saturated rings. The van der Waals surface area contributed by atoms with E-state index in [0.29, 0.717) is 12.8 Å². The van der Waals surface area contributed by atoms with Crippen LogP contribution in [0.5, 0.6) is 0 Å². The third-order valence-electron chi connectivity index (χ3n) is 3.19. The monoisotopic (exact) mass is 253 g/mol. The number of halogens is 3. The molecule has 1 aliphatic heterocycles. The van der Waals surface area contributed by atoms with Crippen molar-refractivity contribution in [2.24, 2.45) is 11.7 Å². The maximum atomic E-state index is 12.6. The van der Waals surface area contributed by atoms with E-state index in [4.69, 9.17) is 5.73 Å². The van der Waals surface area contributed by atoms with E-state index in [1.54, 1.807) is 0 Å². The van der Waals surface area contributed by atoms with Crippen LogP contribution in [0.3, 0.4) is 0 Å². The first-order valence-corrected chi connectivity index (χ1v) is 5.62. The molecule has 1 atom stereocenters. The van der Waals surface area contributed by atoms with Crippen LogP contribution in [-0.4, -0.2) is 49.7 Å². The van der Waals surface area contributed by atoms with Gasteiger partial charge in [-0.25, -0.2) is 0 Å². The minimum Gasteiger partial charge on any atom is -0.359 e. The van der Waals surface area contributed by atoms with Crippen LogP contribution in [0.1, 0.15) is 12.8 Å². The molecule has 4 nitrogen and oxygen atoms in total. The van der Waals surface area contributed by atoms with E-state index in [1.807, 2.05) is 0 Å². The molecule has 17 heavy (non-hydrogen) atoms. The van der Waals surface area contributed by atoms with Crippen molar-refractivity contribution in [3.05, 3.63) is 0 Å². The maximum Gasteiger partial charge on any atom is 0.405 e. The molecule has 0 radical (unpaired) electrons. The molecule has 0 aliphatic carbocycles. The molecule has 0 aromatic carbocycles. The number of rotatable bonds is 3. The fraction of sp³-hybridized carbons (Fsp3) is 0.900. The second-order valence-corrected chi connectivity index (χ2v) is 4.22. The van der Waals surface area contributed by atoms with Gasteiger partial charge < -0.3 is 11.1 Å². The summed E-state index contributed by atoms with van der Waals surface area (Å²) in [5, 5.41) is 2.52.